The highest BCUT2D eigenvalue weighted by molar-refractivity contribution is 7.14. The molecule has 2 heterocycles. The number of nitrogens with zero attached hydrogens (tertiary/aromatic N) is 2. The highest BCUT2D eigenvalue weighted by atomic mass is 32.1. The number of nitrogens with one attached hydrogen (secondary N) is 2. The number of alkyl halides is 1. The number of aliphatic hydroxyl groups excluding tert-OH is 1. The van der Waals surface area contributed by atoms with E-state index in [9.17, 15) is 23.9 Å². The summed E-state index contributed by atoms with van der Waals surface area (Å²) in [6.45, 7) is 13.0. The number of benzene rings is 1. The number of allylic oxidation sites excluding steroid dienone is 2. The van der Waals surface area contributed by atoms with Crippen molar-refractivity contribution in [1.82, 2.24) is 20.6 Å². The average Bonchev–Trinajstić information content (AvgIpc) is 3.49. The van der Waals surface area contributed by atoms with Gasteiger partial charge in [-0.2, -0.15) is 0 Å². The number of ether oxygens (including phenoxy) is 1. The minimum Gasteiger partial charge on any atom is -0.458 e. The maximum Gasteiger partial charge on any atom is 0.328 e. The molecule has 11 heteroatoms. The first-order valence-corrected chi connectivity index (χ1v) is 15.9. The number of esters is 1. The molecule has 46 heavy (non-hydrogen) atoms. The van der Waals surface area contributed by atoms with E-state index in [1.165, 1.54) is 23.5 Å². The zero-order valence-electron chi connectivity index (χ0n) is 27.1. The van der Waals surface area contributed by atoms with E-state index in [4.69, 9.17) is 4.74 Å². The molecule has 0 saturated heterocycles. The van der Waals surface area contributed by atoms with Gasteiger partial charge in [-0.25, -0.2) is 19.2 Å². The maximum absolute atomic E-state index is 13.9. The van der Waals surface area contributed by atoms with Crippen LogP contribution in [0.5, 0.6) is 0 Å². The topological polar surface area (TPSA) is 131 Å². The second-order valence-corrected chi connectivity index (χ2v) is 14.4. The van der Waals surface area contributed by atoms with Gasteiger partial charge in [0, 0.05) is 34.8 Å². The minimum absolute atomic E-state index is 0.125. The van der Waals surface area contributed by atoms with Gasteiger partial charge in [0.25, 0.3) is 5.91 Å². The standard InChI is InChI=1S/C35H41FN4O5S/c1-20(33(44)45-35(5,6)7)39-31(42)26(40-32(43)28-14-15-29(46-28)34(2,3)4)16-21-8-10-22(11-9-21)30-37-18-24(19-38-30)23-12-13-27(41)25(36)17-23/h8-15,17-20,25-27,41H,16H2,1-7H3,(H,39,42)(H,40,43)/t20-,25?,26+,27+/m1/s1. The van der Waals surface area contributed by atoms with E-state index in [0.717, 1.165) is 16.0 Å². The van der Waals surface area contributed by atoms with E-state index in [2.05, 4.69) is 41.4 Å². The number of carbonyl (C=O) groups excluding carboxylic acids is 3. The molecule has 4 atom stereocenters. The van der Waals surface area contributed by atoms with Gasteiger partial charge in [-0.1, -0.05) is 57.2 Å². The van der Waals surface area contributed by atoms with Crippen molar-refractivity contribution >= 4 is 34.7 Å². The van der Waals surface area contributed by atoms with E-state index in [0.29, 0.717) is 21.8 Å². The van der Waals surface area contributed by atoms with E-state index < -0.39 is 41.8 Å². The van der Waals surface area contributed by atoms with Crippen molar-refractivity contribution in [3.05, 3.63) is 87.9 Å². The summed E-state index contributed by atoms with van der Waals surface area (Å²) in [5.41, 5.74) is 1.85. The molecular formula is C35H41FN4O5S. The molecule has 3 N–H and O–H groups in total. The van der Waals surface area contributed by atoms with Crippen molar-refractivity contribution < 1.29 is 28.6 Å². The van der Waals surface area contributed by atoms with Gasteiger partial charge in [0.05, 0.1) is 4.88 Å². The fourth-order valence-electron chi connectivity index (χ4n) is 4.54. The second-order valence-electron chi connectivity index (χ2n) is 13.3. The Balaban J connectivity index is 1.50. The highest BCUT2D eigenvalue weighted by Crippen LogP contribution is 2.29. The van der Waals surface area contributed by atoms with Crippen LogP contribution in [0.25, 0.3) is 17.0 Å². The first kappa shape index (κ1) is 34.6. The molecule has 2 aromatic heterocycles. The SMILES string of the molecule is C[C@@H](NC(=O)[C@H](Cc1ccc(-c2ncc(C3=CC(F)[C@@H](O)C=C3)cn2)cc1)NC(=O)c1ccc(C(C)(C)C)s1)C(=O)OC(C)(C)C. The number of rotatable bonds is 9. The zero-order chi connectivity index (χ0) is 33.8. The second kappa shape index (κ2) is 14.0. The molecule has 1 aliphatic rings. The van der Waals surface area contributed by atoms with E-state index >= 15 is 0 Å². The predicted octanol–water partition coefficient (Wildman–Crippen LogP) is 5.34. The Bertz CT molecular complexity index is 1620. The molecule has 0 bridgehead atoms. The maximum atomic E-state index is 13.9. The van der Waals surface area contributed by atoms with Gasteiger partial charge >= 0.3 is 5.97 Å². The van der Waals surface area contributed by atoms with Gasteiger partial charge < -0.3 is 20.5 Å². The lowest BCUT2D eigenvalue weighted by molar-refractivity contribution is -0.158. The van der Waals surface area contributed by atoms with Gasteiger partial charge in [-0.05, 0) is 62.5 Å². The Morgan fingerprint density at radius 3 is 2.20 bits per heavy atom. The number of halogens is 1. The molecule has 1 unspecified atom stereocenters. The quantitative estimate of drug-likeness (QED) is 0.267. The Morgan fingerprint density at radius 2 is 1.63 bits per heavy atom. The van der Waals surface area contributed by atoms with Crippen LogP contribution in [0.2, 0.25) is 0 Å². The molecule has 9 nitrogen and oxygen atoms in total. The van der Waals surface area contributed by atoms with Gasteiger partial charge in [-0.15, -0.1) is 11.3 Å². The third kappa shape index (κ3) is 9.17. The smallest absolute Gasteiger partial charge is 0.328 e. The van der Waals surface area contributed by atoms with E-state index in [-0.39, 0.29) is 17.7 Å². The first-order valence-electron chi connectivity index (χ1n) is 15.1. The molecule has 1 aliphatic carbocycles. The van der Waals surface area contributed by atoms with Crippen molar-refractivity contribution in [2.45, 2.75) is 90.3 Å². The van der Waals surface area contributed by atoms with Gasteiger partial charge in [0.15, 0.2) is 5.82 Å². The molecule has 0 aliphatic heterocycles. The molecule has 0 spiro atoms. The van der Waals surface area contributed by atoms with Crippen LogP contribution in [0.3, 0.4) is 0 Å². The normalized spacial score (nSPS) is 17.9. The molecule has 244 valence electrons. The van der Waals surface area contributed by atoms with Crippen LogP contribution in [0.15, 0.2) is 67.0 Å². The van der Waals surface area contributed by atoms with Crippen LogP contribution < -0.4 is 10.6 Å². The summed E-state index contributed by atoms with van der Waals surface area (Å²) < 4.78 is 19.3. The molecular weight excluding hydrogens is 607 g/mol. The van der Waals surface area contributed by atoms with Gasteiger partial charge in [0.2, 0.25) is 5.91 Å². The Kier molecular flexibility index (Phi) is 10.6. The van der Waals surface area contributed by atoms with Crippen molar-refractivity contribution in [3.63, 3.8) is 0 Å². The summed E-state index contributed by atoms with van der Waals surface area (Å²) in [5, 5.41) is 15.1. The number of thiophene rings is 1. The van der Waals surface area contributed by atoms with Gasteiger partial charge in [0.1, 0.15) is 30.0 Å². The molecule has 0 saturated carbocycles. The molecule has 1 aromatic carbocycles. The van der Waals surface area contributed by atoms with Gasteiger partial charge in [-0.3, -0.25) is 9.59 Å². The van der Waals surface area contributed by atoms with Crippen molar-refractivity contribution in [2.24, 2.45) is 0 Å². The molecule has 0 fully saturated rings. The third-order valence-corrected chi connectivity index (χ3v) is 8.59. The molecule has 0 radical (unpaired) electrons. The number of aromatic nitrogens is 2. The summed E-state index contributed by atoms with van der Waals surface area (Å²) in [5.74, 6) is -1.02. The largest absolute Gasteiger partial charge is 0.458 e. The number of aliphatic hydroxyl groups is 1. The van der Waals surface area contributed by atoms with Crippen LogP contribution >= 0.6 is 11.3 Å². The summed E-state index contributed by atoms with van der Waals surface area (Å²) in [4.78, 5) is 49.7. The summed E-state index contributed by atoms with van der Waals surface area (Å²) in [7, 11) is 0. The lowest BCUT2D eigenvalue weighted by Gasteiger charge is -2.24. The fourth-order valence-corrected chi connectivity index (χ4v) is 5.51. The summed E-state index contributed by atoms with van der Waals surface area (Å²) >= 11 is 1.37. The van der Waals surface area contributed by atoms with Crippen LogP contribution in [0.1, 0.15) is 74.1 Å². The number of carbonyl (C=O) groups is 3. The van der Waals surface area contributed by atoms with E-state index in [1.54, 1.807) is 52.2 Å². The Labute approximate surface area is 273 Å². The molecule has 2 amide bonds. The summed E-state index contributed by atoms with van der Waals surface area (Å²) in [6, 6.07) is 9.02. The monoisotopic (exact) mass is 648 g/mol. The molecule has 4 rings (SSSR count). The fraction of sp³-hybridized carbons (Fsp3) is 0.400. The Morgan fingerprint density at radius 1 is 0.978 bits per heavy atom. The van der Waals surface area contributed by atoms with Crippen LogP contribution in [-0.2, 0) is 26.2 Å². The van der Waals surface area contributed by atoms with Crippen LogP contribution in [0, 0.1) is 0 Å². The third-order valence-electron chi connectivity index (χ3n) is 7.09. The lowest BCUT2D eigenvalue weighted by Crippen LogP contribution is -2.52. The van der Waals surface area contributed by atoms with Crippen molar-refractivity contribution in [2.75, 3.05) is 0 Å². The first-order chi connectivity index (χ1) is 21.5. The number of amides is 2. The summed E-state index contributed by atoms with van der Waals surface area (Å²) in [6.07, 6.45) is 5.05. The number of hydrogen-bond donors (Lipinski definition) is 3. The van der Waals surface area contributed by atoms with Crippen LogP contribution in [-0.4, -0.2) is 62.8 Å². The van der Waals surface area contributed by atoms with Crippen molar-refractivity contribution in [3.8, 4) is 11.4 Å². The highest BCUT2D eigenvalue weighted by Gasteiger charge is 2.29. The predicted molar refractivity (Wildman–Crippen MR) is 177 cm³/mol. The van der Waals surface area contributed by atoms with Crippen LogP contribution in [0.4, 0.5) is 4.39 Å². The lowest BCUT2D eigenvalue weighted by atomic mass is 9.95. The zero-order valence-corrected chi connectivity index (χ0v) is 27.9. The van der Waals surface area contributed by atoms with E-state index in [1.807, 2.05) is 30.3 Å². The molecule has 3 aromatic rings. The number of hydrogen-bond acceptors (Lipinski definition) is 8. The Hall–Kier alpha value is -4.22. The average molecular weight is 649 g/mol. The minimum atomic E-state index is -1.49. The van der Waals surface area contributed by atoms with Crippen molar-refractivity contribution in [1.29, 1.82) is 0 Å².